The third-order valence-corrected chi connectivity index (χ3v) is 2.38. The summed E-state index contributed by atoms with van der Waals surface area (Å²) in [5.74, 6) is 0. The normalized spacial score (nSPS) is 10.6. The average molecular weight is 232 g/mol. The minimum absolute atomic E-state index is 0.357. The number of hydrogen-bond donors (Lipinski definition) is 0. The van der Waals surface area contributed by atoms with Gasteiger partial charge in [0.2, 0.25) is 0 Å². The van der Waals surface area contributed by atoms with Crippen LogP contribution in [0.15, 0.2) is 12.1 Å². The van der Waals surface area contributed by atoms with Gasteiger partial charge in [0.15, 0.2) is 6.29 Å². The van der Waals surface area contributed by atoms with Crippen molar-refractivity contribution in [3.8, 4) is 0 Å². The van der Waals surface area contributed by atoms with Crippen LogP contribution in [0.3, 0.4) is 0 Å². The number of rotatable bonds is 3. The second kappa shape index (κ2) is 4.78. The lowest BCUT2D eigenvalue weighted by molar-refractivity contribution is 0.112. The molecule has 0 unspecified atom stereocenters. The number of hydrogen-bond acceptors (Lipinski definition) is 2. The Hall–Kier alpha value is -0.570. The highest BCUT2D eigenvalue weighted by molar-refractivity contribution is 6.38. The molecular formula is C10H11Cl2NO. The fourth-order valence-electron chi connectivity index (χ4n) is 1.21. The van der Waals surface area contributed by atoms with Crippen LogP contribution in [0.4, 0.5) is 0 Å². The molecule has 1 rings (SSSR count). The van der Waals surface area contributed by atoms with E-state index in [2.05, 4.69) is 0 Å². The van der Waals surface area contributed by atoms with Crippen LogP contribution in [0, 0.1) is 0 Å². The Morgan fingerprint density at radius 2 is 1.79 bits per heavy atom. The van der Waals surface area contributed by atoms with Gasteiger partial charge in [-0.05, 0) is 31.8 Å². The molecule has 0 aliphatic rings. The van der Waals surface area contributed by atoms with Gasteiger partial charge in [-0.15, -0.1) is 0 Å². The van der Waals surface area contributed by atoms with E-state index in [0.29, 0.717) is 21.9 Å². The van der Waals surface area contributed by atoms with Crippen molar-refractivity contribution in [1.29, 1.82) is 0 Å². The number of aldehydes is 1. The van der Waals surface area contributed by atoms with Gasteiger partial charge in [0.25, 0.3) is 0 Å². The molecule has 1 aromatic carbocycles. The van der Waals surface area contributed by atoms with Crippen molar-refractivity contribution in [2.45, 2.75) is 6.54 Å². The van der Waals surface area contributed by atoms with Gasteiger partial charge in [0, 0.05) is 6.54 Å². The highest BCUT2D eigenvalue weighted by atomic mass is 35.5. The number of halogens is 2. The molecule has 0 atom stereocenters. The van der Waals surface area contributed by atoms with Crippen LogP contribution in [0.5, 0.6) is 0 Å². The first kappa shape index (κ1) is 11.5. The van der Waals surface area contributed by atoms with Crippen molar-refractivity contribution in [3.05, 3.63) is 33.3 Å². The van der Waals surface area contributed by atoms with Crippen LogP contribution in [0.25, 0.3) is 0 Å². The minimum Gasteiger partial charge on any atom is -0.305 e. The molecule has 0 aliphatic heterocycles. The van der Waals surface area contributed by atoms with Crippen LogP contribution in [-0.2, 0) is 6.54 Å². The molecule has 1 aromatic rings. The largest absolute Gasteiger partial charge is 0.305 e. The maximum absolute atomic E-state index is 10.6. The van der Waals surface area contributed by atoms with E-state index >= 15 is 0 Å². The monoisotopic (exact) mass is 231 g/mol. The van der Waals surface area contributed by atoms with Crippen molar-refractivity contribution in [2.75, 3.05) is 14.1 Å². The molecule has 0 amide bonds. The summed E-state index contributed by atoms with van der Waals surface area (Å²) in [4.78, 5) is 12.6. The molecule has 0 aliphatic carbocycles. The summed E-state index contributed by atoms with van der Waals surface area (Å²) < 4.78 is 0. The second-order valence-electron chi connectivity index (χ2n) is 3.33. The van der Waals surface area contributed by atoms with Crippen LogP contribution in [0.1, 0.15) is 15.9 Å². The lowest BCUT2D eigenvalue weighted by Crippen LogP contribution is -2.10. The van der Waals surface area contributed by atoms with E-state index in [9.17, 15) is 4.79 Å². The van der Waals surface area contributed by atoms with Gasteiger partial charge < -0.3 is 4.90 Å². The van der Waals surface area contributed by atoms with Gasteiger partial charge in [-0.25, -0.2) is 0 Å². The Morgan fingerprint density at radius 3 is 2.14 bits per heavy atom. The van der Waals surface area contributed by atoms with Gasteiger partial charge in [-0.1, -0.05) is 23.2 Å². The zero-order chi connectivity index (χ0) is 10.7. The molecule has 0 N–H and O–H groups in total. The van der Waals surface area contributed by atoms with E-state index in [0.717, 1.165) is 12.1 Å². The van der Waals surface area contributed by atoms with E-state index in [1.165, 1.54) is 0 Å². The molecule has 4 heteroatoms. The second-order valence-corrected chi connectivity index (χ2v) is 4.14. The molecule has 0 spiro atoms. The Labute approximate surface area is 93.4 Å². The number of carbonyl (C=O) groups is 1. The lowest BCUT2D eigenvalue weighted by atomic mass is 10.1. The van der Waals surface area contributed by atoms with Gasteiger partial charge in [0.1, 0.15) is 0 Å². The molecule has 0 saturated carbocycles. The Kier molecular flexibility index (Phi) is 3.93. The smallest absolute Gasteiger partial charge is 0.153 e. The molecule has 0 heterocycles. The summed E-state index contributed by atoms with van der Waals surface area (Å²) in [5.41, 5.74) is 1.35. The first-order valence-corrected chi connectivity index (χ1v) is 4.88. The molecule has 76 valence electrons. The number of carbonyl (C=O) groups excluding carboxylic acids is 1. The van der Waals surface area contributed by atoms with Gasteiger partial charge in [-0.2, -0.15) is 0 Å². The number of nitrogens with zero attached hydrogens (tertiary/aromatic N) is 1. The average Bonchev–Trinajstić information content (AvgIpc) is 2.01. The highest BCUT2D eigenvalue weighted by Gasteiger charge is 2.07. The predicted molar refractivity (Wildman–Crippen MR) is 59.2 cm³/mol. The van der Waals surface area contributed by atoms with Crippen molar-refractivity contribution in [3.63, 3.8) is 0 Å². The summed E-state index contributed by atoms with van der Waals surface area (Å²) in [5, 5.41) is 0.814. The summed E-state index contributed by atoms with van der Waals surface area (Å²) in [6.07, 6.45) is 0.671. The topological polar surface area (TPSA) is 20.3 Å². The summed E-state index contributed by atoms with van der Waals surface area (Å²) in [6, 6.07) is 3.52. The quantitative estimate of drug-likeness (QED) is 0.747. The van der Waals surface area contributed by atoms with Crippen molar-refractivity contribution in [2.24, 2.45) is 0 Å². The molecule has 0 fully saturated rings. The zero-order valence-corrected chi connectivity index (χ0v) is 9.56. The van der Waals surface area contributed by atoms with Crippen LogP contribution in [-0.4, -0.2) is 25.3 Å². The van der Waals surface area contributed by atoms with Gasteiger partial charge in [0.05, 0.1) is 15.6 Å². The minimum atomic E-state index is 0.357. The summed E-state index contributed by atoms with van der Waals surface area (Å²) >= 11 is 11.8. The number of benzene rings is 1. The third kappa shape index (κ3) is 2.71. The van der Waals surface area contributed by atoms with Crippen molar-refractivity contribution in [1.82, 2.24) is 4.90 Å². The molecule has 0 radical (unpaired) electrons. The third-order valence-electron chi connectivity index (χ3n) is 1.76. The Balaban J connectivity index is 3.07. The Bertz CT molecular complexity index is 327. The summed E-state index contributed by atoms with van der Waals surface area (Å²) in [7, 11) is 3.91. The van der Waals surface area contributed by atoms with Gasteiger partial charge >= 0.3 is 0 Å². The SMILES string of the molecule is CN(C)Cc1cc(Cl)c(C=O)c(Cl)c1. The molecule has 0 saturated heterocycles. The van der Waals surface area contributed by atoms with Crippen molar-refractivity contribution >= 4 is 29.5 Å². The maximum Gasteiger partial charge on any atom is 0.153 e. The van der Waals surface area contributed by atoms with Crippen LogP contribution >= 0.6 is 23.2 Å². The lowest BCUT2D eigenvalue weighted by Gasteiger charge is -2.11. The van der Waals surface area contributed by atoms with E-state index in [1.807, 2.05) is 19.0 Å². The highest BCUT2D eigenvalue weighted by Crippen LogP contribution is 2.25. The fraction of sp³-hybridized carbons (Fsp3) is 0.300. The molecular weight excluding hydrogens is 221 g/mol. The fourth-order valence-corrected chi connectivity index (χ4v) is 1.83. The van der Waals surface area contributed by atoms with Crippen LogP contribution < -0.4 is 0 Å². The van der Waals surface area contributed by atoms with Crippen LogP contribution in [0.2, 0.25) is 10.0 Å². The molecule has 0 bridgehead atoms. The summed E-state index contributed by atoms with van der Waals surface area (Å²) in [6.45, 7) is 0.749. The molecule has 0 aromatic heterocycles. The van der Waals surface area contributed by atoms with E-state index < -0.39 is 0 Å². The predicted octanol–water partition coefficient (Wildman–Crippen LogP) is 2.87. The Morgan fingerprint density at radius 1 is 1.29 bits per heavy atom. The zero-order valence-electron chi connectivity index (χ0n) is 8.05. The van der Waals surface area contributed by atoms with E-state index in [4.69, 9.17) is 23.2 Å². The first-order valence-electron chi connectivity index (χ1n) is 4.12. The first-order chi connectivity index (χ1) is 6.54. The standard InChI is InChI=1S/C10H11Cl2NO/c1-13(2)5-7-3-9(11)8(6-14)10(12)4-7/h3-4,6H,5H2,1-2H3. The van der Waals surface area contributed by atoms with E-state index in [-0.39, 0.29) is 0 Å². The van der Waals surface area contributed by atoms with Gasteiger partial charge in [-0.3, -0.25) is 4.79 Å². The van der Waals surface area contributed by atoms with E-state index in [1.54, 1.807) is 12.1 Å². The molecule has 2 nitrogen and oxygen atoms in total. The van der Waals surface area contributed by atoms with Crippen molar-refractivity contribution < 1.29 is 4.79 Å². The molecule has 14 heavy (non-hydrogen) atoms. The maximum atomic E-state index is 10.6.